The molecule has 3 rings (SSSR count). The summed E-state index contributed by atoms with van der Waals surface area (Å²) in [6.07, 6.45) is 2.53. The summed E-state index contributed by atoms with van der Waals surface area (Å²) in [7, 11) is 0. The molecule has 2 saturated heterocycles. The molecule has 0 aliphatic carbocycles. The molecule has 2 heterocycles. The molecule has 0 saturated carbocycles. The number of hydrogen-bond donors (Lipinski definition) is 1. The van der Waals surface area contributed by atoms with Gasteiger partial charge in [0.15, 0.2) is 0 Å². The second-order valence-corrected chi connectivity index (χ2v) is 6.05. The van der Waals surface area contributed by atoms with Crippen LogP contribution in [-0.4, -0.2) is 47.9 Å². The minimum absolute atomic E-state index is 0.234. The van der Waals surface area contributed by atoms with Crippen LogP contribution in [0.5, 0.6) is 0 Å². The molecule has 1 amide bonds. The Morgan fingerprint density at radius 1 is 1.35 bits per heavy atom. The average Bonchev–Trinajstić information content (AvgIpc) is 2.86. The van der Waals surface area contributed by atoms with E-state index in [4.69, 9.17) is 5.73 Å². The average molecular weight is 273 g/mol. The molecule has 108 valence electrons. The fourth-order valence-electron chi connectivity index (χ4n) is 3.64. The molecule has 1 unspecified atom stereocenters. The molecular formula is C16H23N3O. The molecule has 2 aliphatic heterocycles. The molecule has 4 nitrogen and oxygen atoms in total. The van der Waals surface area contributed by atoms with E-state index in [2.05, 4.69) is 28.9 Å². The second-order valence-electron chi connectivity index (χ2n) is 6.05. The third kappa shape index (κ3) is 2.58. The van der Waals surface area contributed by atoms with Crippen LogP contribution in [0.25, 0.3) is 0 Å². The standard InChI is InChI=1S/C16H23N3O/c1-12-4-2-5-13(10-12)15(16(17)20)19-9-8-18-7-3-6-14(18)11-19/h2,4-5,10,14-15H,3,6-9,11H2,1H3,(H2,17,20)/t14-,15?/m1/s1. The first-order valence-corrected chi connectivity index (χ1v) is 7.49. The monoisotopic (exact) mass is 273 g/mol. The summed E-state index contributed by atoms with van der Waals surface area (Å²) in [5, 5.41) is 0. The summed E-state index contributed by atoms with van der Waals surface area (Å²) in [5.74, 6) is -0.234. The number of rotatable bonds is 3. The van der Waals surface area contributed by atoms with E-state index in [1.807, 2.05) is 12.1 Å². The molecule has 2 atom stereocenters. The Kier molecular flexibility index (Phi) is 3.76. The van der Waals surface area contributed by atoms with Crippen molar-refractivity contribution < 1.29 is 4.79 Å². The largest absolute Gasteiger partial charge is 0.368 e. The Morgan fingerprint density at radius 3 is 2.95 bits per heavy atom. The number of benzene rings is 1. The predicted octanol–water partition coefficient (Wildman–Crippen LogP) is 1.30. The summed E-state index contributed by atoms with van der Waals surface area (Å²) in [6.45, 7) is 6.21. The third-order valence-electron chi connectivity index (χ3n) is 4.61. The topological polar surface area (TPSA) is 49.6 Å². The quantitative estimate of drug-likeness (QED) is 0.903. The van der Waals surface area contributed by atoms with Crippen LogP contribution in [0.15, 0.2) is 24.3 Å². The maximum atomic E-state index is 12.0. The first kappa shape index (κ1) is 13.6. The van der Waals surface area contributed by atoms with Crippen molar-refractivity contribution in [1.29, 1.82) is 0 Å². The fraction of sp³-hybridized carbons (Fsp3) is 0.562. The lowest BCUT2D eigenvalue weighted by Crippen LogP contribution is -2.53. The van der Waals surface area contributed by atoms with Gasteiger partial charge in [0.05, 0.1) is 0 Å². The van der Waals surface area contributed by atoms with Crippen LogP contribution in [0.3, 0.4) is 0 Å². The molecule has 2 aliphatic rings. The number of amides is 1. The van der Waals surface area contributed by atoms with Crippen LogP contribution in [0.1, 0.15) is 30.0 Å². The fourth-order valence-corrected chi connectivity index (χ4v) is 3.64. The van der Waals surface area contributed by atoms with Crippen molar-refractivity contribution in [3.05, 3.63) is 35.4 Å². The van der Waals surface area contributed by atoms with Crippen LogP contribution in [-0.2, 0) is 4.79 Å². The van der Waals surface area contributed by atoms with Gasteiger partial charge in [0, 0.05) is 25.7 Å². The smallest absolute Gasteiger partial charge is 0.239 e. The van der Waals surface area contributed by atoms with E-state index in [1.165, 1.54) is 24.9 Å². The SMILES string of the molecule is Cc1cccc(C(C(N)=O)N2CCN3CCC[C@@H]3C2)c1. The first-order valence-electron chi connectivity index (χ1n) is 7.49. The van der Waals surface area contributed by atoms with Crippen molar-refractivity contribution in [2.75, 3.05) is 26.2 Å². The molecule has 1 aromatic rings. The van der Waals surface area contributed by atoms with Crippen LogP contribution >= 0.6 is 0 Å². The minimum Gasteiger partial charge on any atom is -0.368 e. The highest BCUT2D eigenvalue weighted by atomic mass is 16.1. The number of nitrogens with zero attached hydrogens (tertiary/aromatic N) is 2. The lowest BCUT2D eigenvalue weighted by atomic mass is 10.0. The zero-order valence-electron chi connectivity index (χ0n) is 12.1. The van der Waals surface area contributed by atoms with Gasteiger partial charge in [-0.3, -0.25) is 14.6 Å². The van der Waals surface area contributed by atoms with Crippen molar-refractivity contribution in [2.45, 2.75) is 31.8 Å². The molecule has 4 heteroatoms. The normalized spacial score (nSPS) is 25.4. The Bertz CT molecular complexity index is 502. The molecule has 20 heavy (non-hydrogen) atoms. The number of nitrogens with two attached hydrogens (primary N) is 1. The van der Waals surface area contributed by atoms with E-state index in [9.17, 15) is 4.79 Å². The number of piperazine rings is 1. The van der Waals surface area contributed by atoms with Gasteiger partial charge < -0.3 is 5.73 Å². The van der Waals surface area contributed by atoms with Crippen molar-refractivity contribution in [3.63, 3.8) is 0 Å². The Balaban J connectivity index is 1.82. The number of primary amides is 1. The van der Waals surface area contributed by atoms with Gasteiger partial charge in [-0.05, 0) is 31.9 Å². The summed E-state index contributed by atoms with van der Waals surface area (Å²) >= 11 is 0. The molecule has 0 bridgehead atoms. The lowest BCUT2D eigenvalue weighted by Gasteiger charge is -2.40. The highest BCUT2D eigenvalue weighted by molar-refractivity contribution is 5.81. The number of hydrogen-bond acceptors (Lipinski definition) is 3. The van der Waals surface area contributed by atoms with Crippen molar-refractivity contribution in [3.8, 4) is 0 Å². The molecule has 0 aromatic heterocycles. The number of fused-ring (bicyclic) bond motifs is 1. The predicted molar refractivity (Wildman–Crippen MR) is 79.3 cm³/mol. The van der Waals surface area contributed by atoms with Gasteiger partial charge >= 0.3 is 0 Å². The van der Waals surface area contributed by atoms with Gasteiger partial charge in [0.1, 0.15) is 6.04 Å². The number of carbonyl (C=O) groups is 1. The summed E-state index contributed by atoms with van der Waals surface area (Å²) in [4.78, 5) is 16.8. The number of aryl methyl sites for hydroxylation is 1. The van der Waals surface area contributed by atoms with Gasteiger partial charge in [-0.2, -0.15) is 0 Å². The van der Waals surface area contributed by atoms with Gasteiger partial charge in [0.2, 0.25) is 5.91 Å². The van der Waals surface area contributed by atoms with Gasteiger partial charge in [-0.25, -0.2) is 0 Å². The maximum Gasteiger partial charge on any atom is 0.239 e. The molecule has 2 fully saturated rings. The van der Waals surface area contributed by atoms with Crippen molar-refractivity contribution >= 4 is 5.91 Å². The molecular weight excluding hydrogens is 250 g/mol. The molecule has 2 N–H and O–H groups in total. The van der Waals surface area contributed by atoms with E-state index in [0.29, 0.717) is 6.04 Å². The maximum absolute atomic E-state index is 12.0. The van der Waals surface area contributed by atoms with Crippen LogP contribution in [0.2, 0.25) is 0 Å². The minimum atomic E-state index is -0.280. The van der Waals surface area contributed by atoms with E-state index in [-0.39, 0.29) is 11.9 Å². The summed E-state index contributed by atoms with van der Waals surface area (Å²) in [6, 6.07) is 8.48. The van der Waals surface area contributed by atoms with E-state index >= 15 is 0 Å². The van der Waals surface area contributed by atoms with Crippen molar-refractivity contribution in [1.82, 2.24) is 9.80 Å². The molecule has 1 aromatic carbocycles. The van der Waals surface area contributed by atoms with E-state index < -0.39 is 0 Å². The van der Waals surface area contributed by atoms with E-state index in [1.54, 1.807) is 0 Å². The highest BCUT2D eigenvalue weighted by Gasteiger charge is 2.35. The van der Waals surface area contributed by atoms with Gasteiger partial charge in [-0.1, -0.05) is 29.8 Å². The summed E-state index contributed by atoms with van der Waals surface area (Å²) in [5.41, 5.74) is 7.90. The van der Waals surface area contributed by atoms with Gasteiger partial charge in [0.25, 0.3) is 0 Å². The highest BCUT2D eigenvalue weighted by Crippen LogP contribution is 2.28. The zero-order chi connectivity index (χ0) is 14.1. The summed E-state index contributed by atoms with van der Waals surface area (Å²) < 4.78 is 0. The van der Waals surface area contributed by atoms with Gasteiger partial charge in [-0.15, -0.1) is 0 Å². The van der Waals surface area contributed by atoms with Crippen LogP contribution < -0.4 is 5.73 Å². The molecule has 0 radical (unpaired) electrons. The Morgan fingerprint density at radius 2 is 2.20 bits per heavy atom. The van der Waals surface area contributed by atoms with Crippen LogP contribution in [0.4, 0.5) is 0 Å². The second kappa shape index (κ2) is 5.54. The zero-order valence-corrected chi connectivity index (χ0v) is 12.1. The van der Waals surface area contributed by atoms with E-state index in [0.717, 1.165) is 25.2 Å². The van der Waals surface area contributed by atoms with Crippen LogP contribution in [0, 0.1) is 6.92 Å². The molecule has 0 spiro atoms. The first-order chi connectivity index (χ1) is 9.65. The Labute approximate surface area is 120 Å². The Hall–Kier alpha value is -1.39. The third-order valence-corrected chi connectivity index (χ3v) is 4.61. The lowest BCUT2D eigenvalue weighted by molar-refractivity contribution is -0.124. The number of carbonyl (C=O) groups excluding carboxylic acids is 1. The van der Waals surface area contributed by atoms with Crippen molar-refractivity contribution in [2.24, 2.45) is 5.73 Å².